The van der Waals surface area contributed by atoms with Gasteiger partial charge in [-0.25, -0.2) is 4.79 Å². The number of carbonyl (C=O) groups is 1. The minimum Gasteiger partial charge on any atom is -0.447 e. The molecular weight excluding hydrogens is 303 g/mol. The molecule has 1 aromatic heterocycles. The number of nitrogens with one attached hydrogen (secondary N) is 1. The van der Waals surface area contributed by atoms with E-state index in [2.05, 4.69) is 20.0 Å². The molecule has 1 amide bonds. The van der Waals surface area contributed by atoms with Gasteiger partial charge in [-0.15, -0.1) is 0 Å². The van der Waals surface area contributed by atoms with Crippen LogP contribution in [0.1, 0.15) is 19.7 Å². The topological polar surface area (TPSA) is 77.2 Å². The number of rotatable bonds is 3. The number of amides is 1. The number of anilines is 1. The number of hydrogen-bond acceptors (Lipinski definition) is 5. The first-order valence-electron chi connectivity index (χ1n) is 6.24. The van der Waals surface area contributed by atoms with Gasteiger partial charge in [0, 0.05) is 11.3 Å². The number of ether oxygens (including phenoxy) is 1. The number of halogens is 3. The molecule has 0 saturated carbocycles. The predicted molar refractivity (Wildman–Crippen MR) is 70.0 cm³/mol. The van der Waals surface area contributed by atoms with Gasteiger partial charge >= 0.3 is 18.2 Å². The molecule has 22 heavy (non-hydrogen) atoms. The zero-order chi connectivity index (χ0) is 16.3. The molecule has 0 aliphatic carbocycles. The summed E-state index contributed by atoms with van der Waals surface area (Å²) in [6.45, 7) is 3.38. The number of hydrogen-bond donors (Lipinski definition) is 1. The summed E-state index contributed by atoms with van der Waals surface area (Å²) >= 11 is 0. The van der Waals surface area contributed by atoms with Gasteiger partial charge in [0.05, 0.1) is 6.10 Å². The van der Waals surface area contributed by atoms with E-state index in [1.807, 2.05) is 0 Å². The number of benzene rings is 1. The van der Waals surface area contributed by atoms with E-state index >= 15 is 0 Å². The van der Waals surface area contributed by atoms with Crippen molar-refractivity contribution in [3.63, 3.8) is 0 Å². The Morgan fingerprint density at radius 3 is 2.68 bits per heavy atom. The largest absolute Gasteiger partial charge is 0.471 e. The summed E-state index contributed by atoms with van der Waals surface area (Å²) in [5, 5.41) is 5.72. The smallest absolute Gasteiger partial charge is 0.447 e. The van der Waals surface area contributed by atoms with E-state index < -0.39 is 18.2 Å². The van der Waals surface area contributed by atoms with Gasteiger partial charge in [-0.2, -0.15) is 18.2 Å². The lowest BCUT2D eigenvalue weighted by Crippen LogP contribution is -2.17. The summed E-state index contributed by atoms with van der Waals surface area (Å²) in [5.41, 5.74) is 0.600. The van der Waals surface area contributed by atoms with Crippen molar-refractivity contribution >= 4 is 11.8 Å². The van der Waals surface area contributed by atoms with Gasteiger partial charge < -0.3 is 9.26 Å². The Labute approximate surface area is 123 Å². The molecule has 1 aromatic carbocycles. The lowest BCUT2D eigenvalue weighted by molar-refractivity contribution is -0.159. The van der Waals surface area contributed by atoms with Crippen LogP contribution in [0.25, 0.3) is 11.4 Å². The third kappa shape index (κ3) is 3.96. The molecule has 0 aliphatic rings. The van der Waals surface area contributed by atoms with E-state index in [1.54, 1.807) is 19.9 Å². The van der Waals surface area contributed by atoms with Crippen LogP contribution in [0.2, 0.25) is 0 Å². The molecule has 0 atom stereocenters. The second-order valence-electron chi connectivity index (χ2n) is 4.58. The summed E-state index contributed by atoms with van der Waals surface area (Å²) in [6.07, 6.45) is -5.67. The van der Waals surface area contributed by atoms with Crippen molar-refractivity contribution in [3.8, 4) is 11.4 Å². The number of alkyl halides is 3. The maximum absolute atomic E-state index is 12.4. The second kappa shape index (κ2) is 6.04. The number of carbonyl (C=O) groups excluding carboxylic acids is 1. The first-order chi connectivity index (χ1) is 10.3. The molecule has 0 spiro atoms. The minimum absolute atomic E-state index is 0.229. The van der Waals surface area contributed by atoms with Gasteiger partial charge in [0.1, 0.15) is 0 Å². The highest BCUT2D eigenvalue weighted by Crippen LogP contribution is 2.29. The first kappa shape index (κ1) is 15.8. The minimum atomic E-state index is -4.71. The molecule has 0 bridgehead atoms. The molecule has 0 fully saturated rings. The van der Waals surface area contributed by atoms with E-state index in [-0.39, 0.29) is 17.5 Å². The zero-order valence-corrected chi connectivity index (χ0v) is 11.6. The molecule has 118 valence electrons. The van der Waals surface area contributed by atoms with Crippen molar-refractivity contribution < 1.29 is 27.2 Å². The standard InChI is InChI=1S/C13H12F3N3O3/c1-7(2)21-12(20)17-9-5-3-4-8(6-9)10-18-11(22-19-10)13(14,15)16/h3-7H,1-2H3,(H,17,20). The Hall–Kier alpha value is -2.58. The lowest BCUT2D eigenvalue weighted by atomic mass is 10.2. The molecule has 0 aliphatic heterocycles. The van der Waals surface area contributed by atoms with Crippen LogP contribution in [0, 0.1) is 0 Å². The molecule has 1 N–H and O–H groups in total. The van der Waals surface area contributed by atoms with Crippen LogP contribution in [-0.2, 0) is 10.9 Å². The van der Waals surface area contributed by atoms with Crippen LogP contribution in [0.4, 0.5) is 23.7 Å². The van der Waals surface area contributed by atoms with E-state index in [4.69, 9.17) is 4.74 Å². The maximum atomic E-state index is 12.4. The SMILES string of the molecule is CC(C)OC(=O)Nc1cccc(-c2noc(C(F)(F)F)n2)c1. The van der Waals surface area contributed by atoms with Gasteiger partial charge in [0.25, 0.3) is 0 Å². The van der Waals surface area contributed by atoms with E-state index in [1.165, 1.54) is 18.2 Å². The van der Waals surface area contributed by atoms with Gasteiger partial charge in [-0.05, 0) is 26.0 Å². The van der Waals surface area contributed by atoms with Crippen LogP contribution >= 0.6 is 0 Å². The third-order valence-corrected chi connectivity index (χ3v) is 2.38. The zero-order valence-electron chi connectivity index (χ0n) is 11.6. The molecule has 9 heteroatoms. The maximum Gasteiger partial charge on any atom is 0.471 e. The lowest BCUT2D eigenvalue weighted by Gasteiger charge is -2.09. The molecule has 2 aromatic rings. The Morgan fingerprint density at radius 1 is 1.36 bits per heavy atom. The molecule has 0 saturated heterocycles. The van der Waals surface area contributed by atoms with E-state index in [0.29, 0.717) is 5.69 Å². The predicted octanol–water partition coefficient (Wildman–Crippen LogP) is 3.71. The second-order valence-corrected chi connectivity index (χ2v) is 4.58. The van der Waals surface area contributed by atoms with Crippen LogP contribution in [-0.4, -0.2) is 22.3 Å². The van der Waals surface area contributed by atoms with Crippen LogP contribution in [0.15, 0.2) is 28.8 Å². The van der Waals surface area contributed by atoms with Gasteiger partial charge in [-0.3, -0.25) is 5.32 Å². The van der Waals surface area contributed by atoms with Crippen LogP contribution in [0.5, 0.6) is 0 Å². The summed E-state index contributed by atoms with van der Waals surface area (Å²) in [4.78, 5) is 14.7. The van der Waals surface area contributed by atoms with Crippen molar-refractivity contribution in [3.05, 3.63) is 30.2 Å². The summed E-state index contributed by atoms with van der Waals surface area (Å²) in [7, 11) is 0. The van der Waals surface area contributed by atoms with Crippen molar-refractivity contribution in [2.45, 2.75) is 26.1 Å². The first-order valence-corrected chi connectivity index (χ1v) is 6.24. The van der Waals surface area contributed by atoms with E-state index in [0.717, 1.165) is 0 Å². The quantitative estimate of drug-likeness (QED) is 0.934. The fraction of sp³-hybridized carbons (Fsp3) is 0.308. The fourth-order valence-electron chi connectivity index (χ4n) is 1.55. The molecule has 0 unspecified atom stereocenters. The van der Waals surface area contributed by atoms with E-state index in [9.17, 15) is 18.0 Å². The van der Waals surface area contributed by atoms with Crippen LogP contribution < -0.4 is 5.32 Å². The fourth-order valence-corrected chi connectivity index (χ4v) is 1.55. The molecule has 6 nitrogen and oxygen atoms in total. The molecule has 0 radical (unpaired) electrons. The van der Waals surface area contributed by atoms with Gasteiger partial charge in [0.15, 0.2) is 0 Å². The van der Waals surface area contributed by atoms with Crippen LogP contribution in [0.3, 0.4) is 0 Å². The average molecular weight is 315 g/mol. The molecular formula is C13H12F3N3O3. The summed E-state index contributed by atoms with van der Waals surface area (Å²) in [6, 6.07) is 5.98. The Balaban J connectivity index is 2.18. The number of nitrogens with zero attached hydrogens (tertiary/aromatic N) is 2. The van der Waals surface area contributed by atoms with Crippen molar-refractivity contribution in [2.24, 2.45) is 0 Å². The Morgan fingerprint density at radius 2 is 2.09 bits per heavy atom. The van der Waals surface area contributed by atoms with Crippen molar-refractivity contribution in [1.82, 2.24) is 10.1 Å². The van der Waals surface area contributed by atoms with Gasteiger partial charge in [0.2, 0.25) is 5.82 Å². The normalized spacial score (nSPS) is 11.5. The van der Waals surface area contributed by atoms with Crippen molar-refractivity contribution in [2.75, 3.05) is 5.32 Å². The summed E-state index contributed by atoms with van der Waals surface area (Å²) < 4.78 is 46.3. The highest BCUT2D eigenvalue weighted by molar-refractivity contribution is 5.85. The molecule has 1 heterocycles. The average Bonchev–Trinajstić information content (AvgIpc) is 2.87. The van der Waals surface area contributed by atoms with Gasteiger partial charge in [-0.1, -0.05) is 17.3 Å². The molecule has 2 rings (SSSR count). The third-order valence-electron chi connectivity index (χ3n) is 2.38. The Bertz CT molecular complexity index is 668. The van der Waals surface area contributed by atoms with Crippen molar-refractivity contribution in [1.29, 1.82) is 0 Å². The Kier molecular flexibility index (Phi) is 4.34. The number of aromatic nitrogens is 2. The monoisotopic (exact) mass is 315 g/mol. The highest BCUT2D eigenvalue weighted by Gasteiger charge is 2.38. The highest BCUT2D eigenvalue weighted by atomic mass is 19.4. The summed E-state index contributed by atoms with van der Waals surface area (Å²) in [5.74, 6) is -1.66.